The summed E-state index contributed by atoms with van der Waals surface area (Å²) in [4.78, 5) is 14.3. The van der Waals surface area contributed by atoms with Gasteiger partial charge >= 0.3 is 5.97 Å². The van der Waals surface area contributed by atoms with Crippen LogP contribution >= 0.6 is 0 Å². The standard InChI is InChI=1S/C23H30N4O5S/c1-3-32-23(28)18-8-10-26(11-9-18)22-7-6-20(24-25-22)19-5-4-17(2)21(16-19)33(29,30)27-12-14-31-15-13-27/h4-7,16,18H,3,8-15H2,1-2H3. The van der Waals surface area contributed by atoms with Crippen LogP contribution in [0.5, 0.6) is 0 Å². The summed E-state index contributed by atoms with van der Waals surface area (Å²) >= 11 is 0. The van der Waals surface area contributed by atoms with E-state index in [1.165, 1.54) is 4.31 Å². The van der Waals surface area contributed by atoms with Crippen LogP contribution in [0.1, 0.15) is 25.3 Å². The number of anilines is 1. The molecule has 0 N–H and O–H groups in total. The highest BCUT2D eigenvalue weighted by atomic mass is 32.2. The summed E-state index contributed by atoms with van der Waals surface area (Å²) in [6, 6.07) is 9.09. The zero-order valence-electron chi connectivity index (χ0n) is 19.1. The molecule has 3 heterocycles. The lowest BCUT2D eigenvalue weighted by Crippen LogP contribution is -2.40. The van der Waals surface area contributed by atoms with Crippen molar-refractivity contribution in [1.29, 1.82) is 0 Å². The Morgan fingerprint density at radius 1 is 1.09 bits per heavy atom. The van der Waals surface area contributed by atoms with Gasteiger partial charge in [-0.3, -0.25) is 4.79 Å². The second-order valence-corrected chi connectivity index (χ2v) is 10.2. The van der Waals surface area contributed by atoms with Gasteiger partial charge in [-0.15, -0.1) is 10.2 Å². The van der Waals surface area contributed by atoms with Crippen molar-refractivity contribution in [2.45, 2.75) is 31.6 Å². The minimum atomic E-state index is -3.61. The number of esters is 1. The SMILES string of the molecule is CCOC(=O)C1CCN(c2ccc(-c3ccc(C)c(S(=O)(=O)N4CCOCC4)c3)nn2)CC1. The lowest BCUT2D eigenvalue weighted by molar-refractivity contribution is -0.148. The van der Waals surface area contributed by atoms with E-state index in [9.17, 15) is 13.2 Å². The Bertz CT molecular complexity index is 1080. The smallest absolute Gasteiger partial charge is 0.309 e. The first kappa shape index (κ1) is 23.6. The van der Waals surface area contributed by atoms with E-state index in [2.05, 4.69) is 15.1 Å². The molecule has 178 valence electrons. The van der Waals surface area contributed by atoms with Crippen LogP contribution in [0.3, 0.4) is 0 Å². The van der Waals surface area contributed by atoms with Gasteiger partial charge in [0.15, 0.2) is 5.82 Å². The van der Waals surface area contributed by atoms with Crippen molar-refractivity contribution in [3.05, 3.63) is 35.9 Å². The minimum absolute atomic E-state index is 0.0622. The van der Waals surface area contributed by atoms with Gasteiger partial charge in [-0.05, 0) is 50.5 Å². The van der Waals surface area contributed by atoms with E-state index in [4.69, 9.17) is 9.47 Å². The van der Waals surface area contributed by atoms with Crippen LogP contribution in [0.4, 0.5) is 5.82 Å². The van der Waals surface area contributed by atoms with Gasteiger partial charge in [-0.1, -0.05) is 12.1 Å². The third kappa shape index (κ3) is 5.18. The molecule has 2 fully saturated rings. The minimum Gasteiger partial charge on any atom is -0.466 e. The van der Waals surface area contributed by atoms with Crippen LogP contribution in [-0.2, 0) is 24.3 Å². The summed E-state index contributed by atoms with van der Waals surface area (Å²) < 4.78 is 38.2. The van der Waals surface area contributed by atoms with Gasteiger partial charge in [-0.25, -0.2) is 8.42 Å². The fraction of sp³-hybridized carbons (Fsp3) is 0.522. The number of aryl methyl sites for hydroxylation is 1. The number of benzene rings is 1. The molecule has 4 rings (SSSR count). The molecule has 0 bridgehead atoms. The van der Waals surface area contributed by atoms with E-state index in [1.54, 1.807) is 19.1 Å². The summed E-state index contributed by atoms with van der Waals surface area (Å²) in [6.07, 6.45) is 1.45. The molecular weight excluding hydrogens is 444 g/mol. The molecule has 0 amide bonds. The topological polar surface area (TPSA) is 102 Å². The summed E-state index contributed by atoms with van der Waals surface area (Å²) in [7, 11) is -3.61. The normalized spacial score (nSPS) is 18.3. The molecule has 2 aliphatic heterocycles. The molecule has 0 saturated carbocycles. The van der Waals surface area contributed by atoms with Gasteiger partial charge in [0, 0.05) is 31.7 Å². The van der Waals surface area contributed by atoms with Gasteiger partial charge in [0.25, 0.3) is 0 Å². The molecule has 2 saturated heterocycles. The van der Waals surface area contributed by atoms with Crippen molar-refractivity contribution < 1.29 is 22.7 Å². The average molecular weight is 475 g/mol. The Morgan fingerprint density at radius 3 is 2.45 bits per heavy atom. The van der Waals surface area contributed by atoms with Gasteiger partial charge in [0.1, 0.15) is 0 Å². The van der Waals surface area contributed by atoms with Crippen LogP contribution in [0.2, 0.25) is 0 Å². The van der Waals surface area contributed by atoms with Crippen molar-refractivity contribution in [2.75, 3.05) is 50.9 Å². The Morgan fingerprint density at radius 2 is 1.82 bits per heavy atom. The molecule has 33 heavy (non-hydrogen) atoms. The van der Waals surface area contributed by atoms with Crippen molar-refractivity contribution in [2.24, 2.45) is 5.92 Å². The Hall–Kier alpha value is -2.56. The Kier molecular flexibility index (Phi) is 7.26. The number of ether oxygens (including phenoxy) is 2. The molecule has 0 aliphatic carbocycles. The zero-order valence-corrected chi connectivity index (χ0v) is 19.9. The fourth-order valence-corrected chi connectivity index (χ4v) is 5.87. The molecule has 1 aromatic heterocycles. The number of piperidine rings is 1. The molecule has 2 aromatic rings. The van der Waals surface area contributed by atoms with E-state index in [0.717, 1.165) is 18.7 Å². The molecule has 0 unspecified atom stereocenters. The van der Waals surface area contributed by atoms with Crippen molar-refractivity contribution in [3.8, 4) is 11.3 Å². The Balaban J connectivity index is 1.48. The molecule has 0 spiro atoms. The number of aromatic nitrogens is 2. The summed E-state index contributed by atoms with van der Waals surface area (Å²) in [5, 5.41) is 8.73. The Labute approximate surface area is 194 Å². The molecule has 9 nitrogen and oxygen atoms in total. The number of hydrogen-bond donors (Lipinski definition) is 0. The lowest BCUT2D eigenvalue weighted by Gasteiger charge is -2.31. The van der Waals surface area contributed by atoms with Crippen molar-refractivity contribution >= 4 is 21.8 Å². The maximum Gasteiger partial charge on any atom is 0.309 e. The van der Waals surface area contributed by atoms with Gasteiger partial charge in [-0.2, -0.15) is 4.31 Å². The number of hydrogen-bond acceptors (Lipinski definition) is 8. The summed E-state index contributed by atoms with van der Waals surface area (Å²) in [6.45, 7) is 6.96. The number of carbonyl (C=O) groups excluding carboxylic acids is 1. The lowest BCUT2D eigenvalue weighted by atomic mass is 9.97. The molecule has 0 atom stereocenters. The maximum atomic E-state index is 13.2. The monoisotopic (exact) mass is 474 g/mol. The van der Waals surface area contributed by atoms with Crippen LogP contribution in [0.15, 0.2) is 35.2 Å². The molecular formula is C23H30N4O5S. The third-order valence-corrected chi connectivity index (χ3v) is 8.20. The van der Waals surface area contributed by atoms with E-state index < -0.39 is 10.0 Å². The highest BCUT2D eigenvalue weighted by Crippen LogP contribution is 2.28. The summed E-state index contributed by atoms with van der Waals surface area (Å²) in [5.41, 5.74) is 2.00. The highest BCUT2D eigenvalue weighted by molar-refractivity contribution is 7.89. The van der Waals surface area contributed by atoms with Crippen LogP contribution in [0, 0.1) is 12.8 Å². The third-order valence-electron chi connectivity index (χ3n) is 6.16. The first-order valence-corrected chi connectivity index (χ1v) is 12.8. The van der Waals surface area contributed by atoms with E-state index >= 15 is 0 Å². The number of carbonyl (C=O) groups is 1. The number of morpholine rings is 1. The van der Waals surface area contributed by atoms with Crippen LogP contribution in [-0.4, -0.2) is 74.9 Å². The molecule has 2 aliphatic rings. The van der Waals surface area contributed by atoms with Gasteiger partial charge < -0.3 is 14.4 Å². The predicted octanol–water partition coefficient (Wildman–Crippen LogP) is 2.25. The van der Waals surface area contributed by atoms with E-state index in [1.807, 2.05) is 25.1 Å². The zero-order chi connectivity index (χ0) is 23.4. The maximum absolute atomic E-state index is 13.2. The van der Waals surface area contributed by atoms with E-state index in [0.29, 0.717) is 62.8 Å². The molecule has 10 heteroatoms. The first-order valence-electron chi connectivity index (χ1n) is 11.3. The number of rotatable bonds is 6. The predicted molar refractivity (Wildman–Crippen MR) is 123 cm³/mol. The summed E-state index contributed by atoms with van der Waals surface area (Å²) in [5.74, 6) is 0.558. The fourth-order valence-electron chi connectivity index (χ4n) is 4.22. The largest absolute Gasteiger partial charge is 0.466 e. The quantitative estimate of drug-likeness (QED) is 0.588. The second kappa shape index (κ2) is 10.1. The van der Waals surface area contributed by atoms with Crippen molar-refractivity contribution in [1.82, 2.24) is 14.5 Å². The first-order chi connectivity index (χ1) is 15.9. The van der Waals surface area contributed by atoms with Crippen LogP contribution in [0.25, 0.3) is 11.3 Å². The van der Waals surface area contributed by atoms with E-state index in [-0.39, 0.29) is 16.8 Å². The second-order valence-electron chi connectivity index (χ2n) is 8.29. The molecule has 1 aromatic carbocycles. The highest BCUT2D eigenvalue weighted by Gasteiger charge is 2.29. The number of nitrogens with zero attached hydrogens (tertiary/aromatic N) is 4. The van der Waals surface area contributed by atoms with Crippen LogP contribution < -0.4 is 4.90 Å². The molecule has 0 radical (unpaired) electrons. The van der Waals surface area contributed by atoms with Gasteiger partial charge in [0.05, 0.1) is 36.3 Å². The van der Waals surface area contributed by atoms with Gasteiger partial charge in [0.2, 0.25) is 10.0 Å². The van der Waals surface area contributed by atoms with Crippen molar-refractivity contribution in [3.63, 3.8) is 0 Å². The number of sulfonamides is 1. The average Bonchev–Trinajstić information content (AvgIpc) is 2.85.